The Bertz CT molecular complexity index is 551. The number of hydrogen-bond donors (Lipinski definition) is 0. The van der Waals surface area contributed by atoms with Gasteiger partial charge < -0.3 is 9.47 Å². The van der Waals surface area contributed by atoms with Gasteiger partial charge in [0.15, 0.2) is 5.79 Å². The van der Waals surface area contributed by atoms with Crippen LogP contribution in [-0.2, 0) is 14.3 Å². The fourth-order valence-electron chi connectivity index (χ4n) is 7.73. The van der Waals surface area contributed by atoms with Gasteiger partial charge in [-0.05, 0) is 67.6 Å². The van der Waals surface area contributed by atoms with Crippen molar-refractivity contribution in [1.29, 1.82) is 0 Å². The van der Waals surface area contributed by atoms with Crippen molar-refractivity contribution in [3.63, 3.8) is 0 Å². The highest BCUT2D eigenvalue weighted by atomic mass is 16.7. The van der Waals surface area contributed by atoms with Gasteiger partial charge in [0.25, 0.3) is 0 Å². The van der Waals surface area contributed by atoms with Crippen LogP contribution < -0.4 is 0 Å². The predicted octanol–water partition coefficient (Wildman–Crippen LogP) is 4.34. The molecule has 6 atom stereocenters. The molecule has 4 aliphatic carbocycles. The van der Waals surface area contributed by atoms with Crippen LogP contribution in [0.25, 0.3) is 0 Å². The highest BCUT2D eigenvalue weighted by molar-refractivity contribution is 5.87. The summed E-state index contributed by atoms with van der Waals surface area (Å²) in [5.74, 6) is 3.33. The number of rotatable bonds is 0. The first kappa shape index (κ1) is 15.8. The normalized spacial score (nSPS) is 52.8. The van der Waals surface area contributed by atoms with Gasteiger partial charge >= 0.3 is 0 Å². The van der Waals surface area contributed by atoms with E-state index in [0.29, 0.717) is 17.1 Å². The van der Waals surface area contributed by atoms with Crippen molar-refractivity contribution in [2.45, 2.75) is 77.4 Å². The molecule has 1 aliphatic heterocycles. The van der Waals surface area contributed by atoms with E-state index in [2.05, 4.69) is 13.8 Å². The van der Waals surface area contributed by atoms with Crippen LogP contribution in [0.4, 0.5) is 0 Å². The van der Waals surface area contributed by atoms with Crippen molar-refractivity contribution in [2.24, 2.45) is 34.5 Å². The lowest BCUT2D eigenvalue weighted by atomic mass is 9.45. The molecule has 0 amide bonds. The molecule has 0 radical (unpaired) electrons. The molecule has 3 nitrogen and oxygen atoms in total. The molecule has 0 unspecified atom stereocenters. The fourth-order valence-corrected chi connectivity index (χ4v) is 7.73. The van der Waals surface area contributed by atoms with Gasteiger partial charge in [-0.25, -0.2) is 0 Å². The summed E-state index contributed by atoms with van der Waals surface area (Å²) in [6.45, 7) is 6.40. The first-order valence-corrected chi connectivity index (χ1v) is 10.3. The highest BCUT2D eigenvalue weighted by Gasteiger charge is 2.62. The summed E-state index contributed by atoms with van der Waals surface area (Å²) in [4.78, 5) is 12.5. The Labute approximate surface area is 145 Å². The Hall–Kier alpha value is -0.410. The number of carbonyl (C=O) groups is 1. The molecule has 0 aromatic rings. The van der Waals surface area contributed by atoms with E-state index in [1.165, 1.54) is 25.7 Å². The Balaban J connectivity index is 1.42. The second-order valence-electron chi connectivity index (χ2n) is 9.89. The summed E-state index contributed by atoms with van der Waals surface area (Å²) in [6, 6.07) is 0. The summed E-state index contributed by atoms with van der Waals surface area (Å²) >= 11 is 0. The Morgan fingerprint density at radius 2 is 1.71 bits per heavy atom. The van der Waals surface area contributed by atoms with Crippen LogP contribution in [-0.4, -0.2) is 24.8 Å². The van der Waals surface area contributed by atoms with Gasteiger partial charge in [0, 0.05) is 24.7 Å². The molecule has 4 saturated carbocycles. The smallest absolute Gasteiger partial charge is 0.168 e. The zero-order valence-corrected chi connectivity index (χ0v) is 15.3. The molecule has 0 bridgehead atoms. The molecule has 1 saturated heterocycles. The second kappa shape index (κ2) is 5.07. The van der Waals surface area contributed by atoms with E-state index in [1.807, 2.05) is 0 Å². The van der Waals surface area contributed by atoms with E-state index >= 15 is 0 Å². The van der Waals surface area contributed by atoms with Crippen LogP contribution in [0, 0.1) is 34.5 Å². The lowest BCUT2D eigenvalue weighted by molar-refractivity contribution is -0.228. The number of fused-ring (bicyclic) bond motifs is 5. The highest BCUT2D eigenvalue weighted by Crippen LogP contribution is 2.66. The summed E-state index contributed by atoms with van der Waals surface area (Å²) < 4.78 is 12.1. The molecule has 3 heteroatoms. The number of carbonyl (C=O) groups excluding carboxylic acids is 1. The molecular weight excluding hydrogens is 300 g/mol. The van der Waals surface area contributed by atoms with Crippen LogP contribution in [0.3, 0.4) is 0 Å². The number of ketones is 1. The van der Waals surface area contributed by atoms with Gasteiger partial charge in [-0.15, -0.1) is 0 Å². The van der Waals surface area contributed by atoms with Gasteiger partial charge in [0.2, 0.25) is 0 Å². The molecular formula is C21H32O3. The van der Waals surface area contributed by atoms with Crippen LogP contribution in [0.1, 0.15) is 71.6 Å². The van der Waals surface area contributed by atoms with Crippen LogP contribution >= 0.6 is 0 Å². The third-order valence-corrected chi connectivity index (χ3v) is 9.19. The molecule has 5 rings (SSSR count). The van der Waals surface area contributed by atoms with Crippen molar-refractivity contribution >= 4 is 5.78 Å². The van der Waals surface area contributed by atoms with Crippen molar-refractivity contribution < 1.29 is 14.3 Å². The van der Waals surface area contributed by atoms with Crippen LogP contribution in [0.5, 0.6) is 0 Å². The maximum absolute atomic E-state index is 12.5. The van der Waals surface area contributed by atoms with E-state index < -0.39 is 0 Å². The summed E-state index contributed by atoms with van der Waals surface area (Å²) in [5.41, 5.74) is 0.453. The SMILES string of the molecule is C[C@@]12CCC3(C[C@@H]1CC[C@H]1[C@H]2CC[C@]2(C)C(=O)CC[C@H]12)OCCO3. The Morgan fingerprint density at radius 1 is 0.917 bits per heavy atom. The minimum absolute atomic E-state index is 0.0118. The second-order valence-corrected chi connectivity index (χ2v) is 9.89. The molecule has 1 spiro atoms. The third-order valence-electron chi connectivity index (χ3n) is 9.19. The average molecular weight is 332 g/mol. The fraction of sp³-hybridized carbons (Fsp3) is 0.952. The lowest BCUT2D eigenvalue weighted by Crippen LogP contribution is -2.56. The summed E-state index contributed by atoms with van der Waals surface area (Å²) in [6.07, 6.45) is 10.5. The number of Topliss-reactive ketones (excluding diaryl/α,β-unsaturated/α-hetero) is 1. The molecule has 134 valence electrons. The van der Waals surface area contributed by atoms with Crippen LogP contribution in [0.15, 0.2) is 0 Å². The van der Waals surface area contributed by atoms with Gasteiger partial charge in [-0.3, -0.25) is 4.79 Å². The first-order valence-electron chi connectivity index (χ1n) is 10.3. The third kappa shape index (κ3) is 1.95. The lowest BCUT2D eigenvalue weighted by Gasteiger charge is -2.61. The zero-order valence-electron chi connectivity index (χ0n) is 15.3. The number of ether oxygens (including phenoxy) is 2. The molecule has 0 aromatic heterocycles. The zero-order chi connectivity index (χ0) is 16.6. The van der Waals surface area contributed by atoms with E-state index in [0.717, 1.165) is 63.1 Å². The van der Waals surface area contributed by atoms with Crippen molar-refractivity contribution in [2.75, 3.05) is 13.2 Å². The maximum Gasteiger partial charge on any atom is 0.168 e. The van der Waals surface area contributed by atoms with Crippen molar-refractivity contribution in [3.05, 3.63) is 0 Å². The molecule has 5 aliphatic rings. The molecule has 5 fully saturated rings. The first-order chi connectivity index (χ1) is 11.5. The monoisotopic (exact) mass is 332 g/mol. The van der Waals surface area contributed by atoms with Gasteiger partial charge in [0.1, 0.15) is 5.78 Å². The molecule has 1 heterocycles. The molecule has 0 N–H and O–H groups in total. The van der Waals surface area contributed by atoms with Crippen LogP contribution in [0.2, 0.25) is 0 Å². The van der Waals surface area contributed by atoms with E-state index in [4.69, 9.17) is 9.47 Å². The van der Waals surface area contributed by atoms with Crippen molar-refractivity contribution in [1.82, 2.24) is 0 Å². The van der Waals surface area contributed by atoms with E-state index in [-0.39, 0.29) is 11.2 Å². The topological polar surface area (TPSA) is 35.5 Å². The summed E-state index contributed by atoms with van der Waals surface area (Å²) in [7, 11) is 0. The largest absolute Gasteiger partial charge is 0.348 e. The molecule has 0 aromatic carbocycles. The predicted molar refractivity (Wildman–Crippen MR) is 91.4 cm³/mol. The minimum atomic E-state index is -0.247. The van der Waals surface area contributed by atoms with Gasteiger partial charge in [-0.2, -0.15) is 0 Å². The van der Waals surface area contributed by atoms with Gasteiger partial charge in [0.05, 0.1) is 13.2 Å². The summed E-state index contributed by atoms with van der Waals surface area (Å²) in [5, 5.41) is 0. The Kier molecular flexibility index (Phi) is 3.34. The Morgan fingerprint density at radius 3 is 2.50 bits per heavy atom. The van der Waals surface area contributed by atoms with Crippen molar-refractivity contribution in [3.8, 4) is 0 Å². The standard InChI is InChI=1S/C21H32O3/c1-19-9-10-21(23-11-12-24-21)13-14(19)3-4-15-16-5-6-18(22)20(16,2)8-7-17(15)19/h14-17H,3-13H2,1-2H3/t14-,15+,16+,17+,19+,20-/m0/s1. The van der Waals surface area contributed by atoms with E-state index in [9.17, 15) is 4.79 Å². The molecule has 24 heavy (non-hydrogen) atoms. The quantitative estimate of drug-likeness (QED) is 0.662. The average Bonchev–Trinajstić information content (AvgIpc) is 3.14. The van der Waals surface area contributed by atoms with Gasteiger partial charge in [-0.1, -0.05) is 13.8 Å². The number of hydrogen-bond acceptors (Lipinski definition) is 3. The van der Waals surface area contributed by atoms with E-state index in [1.54, 1.807) is 0 Å². The minimum Gasteiger partial charge on any atom is -0.348 e. The maximum atomic E-state index is 12.5.